The molecule has 0 aromatic heterocycles. The van der Waals surface area contributed by atoms with Crippen LogP contribution in [-0.4, -0.2) is 65.8 Å². The maximum Gasteiger partial charge on any atom is 0.124 e. The molecule has 0 aliphatic carbocycles. The highest BCUT2D eigenvalue weighted by molar-refractivity contribution is 5.14. The van der Waals surface area contributed by atoms with Gasteiger partial charge in [0.2, 0.25) is 0 Å². The monoisotopic (exact) mass is 280 g/mol. The number of hydrogen-bond acceptors (Lipinski definition) is 6. The molecule has 0 amide bonds. The van der Waals surface area contributed by atoms with E-state index in [4.69, 9.17) is 5.11 Å². The molecule has 0 saturated heterocycles. The Morgan fingerprint density at radius 2 is 1.32 bits per heavy atom. The van der Waals surface area contributed by atoms with Crippen molar-refractivity contribution in [3.8, 4) is 0 Å². The third-order valence-electron chi connectivity index (χ3n) is 4.50. The van der Waals surface area contributed by atoms with Crippen molar-refractivity contribution >= 4 is 0 Å². The van der Waals surface area contributed by atoms with Gasteiger partial charge in [-0.3, -0.25) is 0 Å². The van der Waals surface area contributed by atoms with Gasteiger partial charge in [-0.2, -0.15) is 0 Å². The molecule has 0 rings (SSSR count). The average Bonchev–Trinajstić information content (AvgIpc) is 2.28. The second kappa shape index (κ2) is 5.63. The van der Waals surface area contributed by atoms with Crippen molar-refractivity contribution in [1.29, 1.82) is 0 Å². The zero-order chi connectivity index (χ0) is 15.7. The van der Waals surface area contributed by atoms with Crippen LogP contribution in [0.2, 0.25) is 0 Å². The van der Waals surface area contributed by atoms with Crippen LogP contribution in [0.1, 0.15) is 47.5 Å². The third kappa shape index (κ3) is 2.94. The lowest BCUT2D eigenvalue weighted by Crippen LogP contribution is -2.75. The minimum absolute atomic E-state index is 0.223. The molecule has 5 unspecified atom stereocenters. The summed E-state index contributed by atoms with van der Waals surface area (Å²) in [5.41, 5.74) is -8.61. The third-order valence-corrected chi connectivity index (χ3v) is 4.50. The Bertz CT molecular complexity index is 296. The van der Waals surface area contributed by atoms with Crippen molar-refractivity contribution in [2.45, 2.75) is 76.0 Å². The minimum Gasteiger partial charge on any atom is -0.393 e. The highest BCUT2D eigenvalue weighted by atomic mass is 16.4. The molecule has 5 atom stereocenters. The van der Waals surface area contributed by atoms with Crippen molar-refractivity contribution in [3.63, 3.8) is 0 Å². The van der Waals surface area contributed by atoms with Crippen LogP contribution in [0.5, 0.6) is 0 Å². The molecule has 0 spiro atoms. The van der Waals surface area contributed by atoms with E-state index in [1.807, 2.05) is 0 Å². The van der Waals surface area contributed by atoms with E-state index in [-0.39, 0.29) is 6.42 Å². The normalized spacial score (nSPS) is 26.7. The first-order valence-corrected chi connectivity index (χ1v) is 6.48. The summed E-state index contributed by atoms with van der Waals surface area (Å²) in [5, 5.41) is 60.4. The van der Waals surface area contributed by atoms with E-state index in [2.05, 4.69) is 0 Å². The Hall–Kier alpha value is -0.240. The molecular formula is C13H28O6. The quantitative estimate of drug-likeness (QED) is 0.361. The van der Waals surface area contributed by atoms with Crippen molar-refractivity contribution in [1.82, 2.24) is 0 Å². The van der Waals surface area contributed by atoms with Gasteiger partial charge in [0, 0.05) is 0 Å². The van der Waals surface area contributed by atoms with Gasteiger partial charge in [0.15, 0.2) is 0 Å². The summed E-state index contributed by atoms with van der Waals surface area (Å²) < 4.78 is 0. The molecule has 0 aliphatic heterocycles. The maximum atomic E-state index is 10.5. The van der Waals surface area contributed by atoms with Gasteiger partial charge < -0.3 is 30.6 Å². The first-order chi connectivity index (χ1) is 8.29. The van der Waals surface area contributed by atoms with Gasteiger partial charge in [-0.1, -0.05) is 13.3 Å². The Morgan fingerprint density at radius 3 is 1.63 bits per heavy atom. The molecule has 0 heterocycles. The summed E-state index contributed by atoms with van der Waals surface area (Å²) in [5.74, 6) is 0. The lowest BCUT2D eigenvalue weighted by Gasteiger charge is -2.54. The van der Waals surface area contributed by atoms with Crippen molar-refractivity contribution in [2.75, 3.05) is 6.61 Å². The predicted molar refractivity (Wildman–Crippen MR) is 70.5 cm³/mol. The molecular weight excluding hydrogens is 252 g/mol. The fourth-order valence-corrected chi connectivity index (χ4v) is 2.05. The molecule has 6 N–H and O–H groups in total. The molecule has 0 fully saturated rings. The van der Waals surface area contributed by atoms with Crippen LogP contribution in [0.4, 0.5) is 0 Å². The fourth-order valence-electron chi connectivity index (χ4n) is 2.05. The second-order valence-electron chi connectivity index (χ2n) is 6.03. The number of aliphatic hydroxyl groups excluding tert-OH is 2. The van der Waals surface area contributed by atoms with E-state index in [1.54, 1.807) is 6.92 Å². The molecule has 0 saturated carbocycles. The summed E-state index contributed by atoms with van der Waals surface area (Å²) in [6.45, 7) is 5.55. The van der Waals surface area contributed by atoms with Gasteiger partial charge in [0.25, 0.3) is 0 Å². The summed E-state index contributed by atoms with van der Waals surface area (Å²) >= 11 is 0. The van der Waals surface area contributed by atoms with Crippen molar-refractivity contribution in [2.24, 2.45) is 0 Å². The van der Waals surface area contributed by atoms with Gasteiger partial charge in [0.1, 0.15) is 22.4 Å². The van der Waals surface area contributed by atoms with E-state index in [0.717, 1.165) is 20.8 Å². The van der Waals surface area contributed by atoms with Crippen LogP contribution in [0.25, 0.3) is 0 Å². The number of aliphatic hydroxyl groups is 6. The highest BCUT2D eigenvalue weighted by Crippen LogP contribution is 2.41. The standard InChI is InChI=1S/C13H28O6/c1-6-7-9(15)11(3,17)13(5,19)12(4,18)10(2,16)8-14/h9,14-19H,6-8H2,1-5H3. The smallest absolute Gasteiger partial charge is 0.124 e. The fraction of sp³-hybridized carbons (Fsp3) is 1.00. The van der Waals surface area contributed by atoms with E-state index in [9.17, 15) is 25.5 Å². The Morgan fingerprint density at radius 1 is 0.895 bits per heavy atom. The molecule has 6 nitrogen and oxygen atoms in total. The van der Waals surface area contributed by atoms with Crippen molar-refractivity contribution < 1.29 is 30.6 Å². The van der Waals surface area contributed by atoms with Crippen molar-refractivity contribution in [3.05, 3.63) is 0 Å². The molecule has 6 heteroatoms. The molecule has 0 aliphatic rings. The Kier molecular flexibility index (Phi) is 5.56. The predicted octanol–water partition coefficient (Wildman–Crippen LogP) is -0.856. The van der Waals surface area contributed by atoms with Crippen LogP contribution in [-0.2, 0) is 0 Å². The van der Waals surface area contributed by atoms with Gasteiger partial charge in [0.05, 0.1) is 12.7 Å². The lowest BCUT2D eigenvalue weighted by atomic mass is 9.64. The van der Waals surface area contributed by atoms with Gasteiger partial charge in [-0.25, -0.2) is 0 Å². The van der Waals surface area contributed by atoms with E-state index < -0.39 is 35.1 Å². The molecule has 0 aromatic carbocycles. The first kappa shape index (κ1) is 18.8. The highest BCUT2D eigenvalue weighted by Gasteiger charge is 2.63. The van der Waals surface area contributed by atoms with Gasteiger partial charge in [-0.05, 0) is 34.1 Å². The molecule has 0 radical (unpaired) electrons. The largest absolute Gasteiger partial charge is 0.393 e. The van der Waals surface area contributed by atoms with Crippen LogP contribution in [0, 0.1) is 0 Å². The van der Waals surface area contributed by atoms with Crippen LogP contribution < -0.4 is 0 Å². The second-order valence-corrected chi connectivity index (χ2v) is 6.03. The van der Waals surface area contributed by atoms with Crippen LogP contribution in [0.3, 0.4) is 0 Å². The van der Waals surface area contributed by atoms with Crippen LogP contribution in [0.15, 0.2) is 0 Å². The SMILES string of the molecule is CCCC(O)C(C)(O)C(C)(O)C(C)(O)C(C)(O)CO. The van der Waals surface area contributed by atoms with Gasteiger partial charge >= 0.3 is 0 Å². The zero-order valence-corrected chi connectivity index (χ0v) is 12.4. The minimum atomic E-state index is -2.25. The maximum absolute atomic E-state index is 10.5. The lowest BCUT2D eigenvalue weighted by molar-refractivity contribution is -0.302. The molecule has 0 aromatic rings. The summed E-state index contributed by atoms with van der Waals surface area (Å²) in [6.07, 6.45) is -0.486. The molecule has 116 valence electrons. The summed E-state index contributed by atoms with van der Waals surface area (Å²) in [6, 6.07) is 0. The van der Waals surface area contributed by atoms with E-state index >= 15 is 0 Å². The Labute approximate surface area is 114 Å². The Balaban J connectivity index is 5.58. The average molecular weight is 280 g/mol. The first-order valence-electron chi connectivity index (χ1n) is 6.48. The molecule has 19 heavy (non-hydrogen) atoms. The topological polar surface area (TPSA) is 121 Å². The zero-order valence-electron chi connectivity index (χ0n) is 12.4. The van der Waals surface area contributed by atoms with Gasteiger partial charge in [-0.15, -0.1) is 0 Å². The summed E-state index contributed by atoms with van der Waals surface area (Å²) in [7, 11) is 0. The number of rotatable bonds is 7. The van der Waals surface area contributed by atoms with E-state index in [1.165, 1.54) is 6.92 Å². The van der Waals surface area contributed by atoms with E-state index in [0.29, 0.717) is 6.42 Å². The van der Waals surface area contributed by atoms with Crippen LogP contribution >= 0.6 is 0 Å². The summed E-state index contributed by atoms with van der Waals surface area (Å²) in [4.78, 5) is 0. The number of hydrogen-bond donors (Lipinski definition) is 6. The molecule has 0 bridgehead atoms.